The number of carbonyl (C=O) groups is 3. The van der Waals surface area contributed by atoms with Gasteiger partial charge in [-0.1, -0.05) is 26.0 Å². The van der Waals surface area contributed by atoms with Crippen LogP contribution in [0.15, 0.2) is 24.3 Å². The van der Waals surface area contributed by atoms with Crippen LogP contribution in [0.1, 0.15) is 58.4 Å². The van der Waals surface area contributed by atoms with Gasteiger partial charge < -0.3 is 20.2 Å². The molecule has 8 nitrogen and oxygen atoms in total. The molecule has 2 N–H and O–H groups in total. The summed E-state index contributed by atoms with van der Waals surface area (Å²) in [6, 6.07) is 6.43. The van der Waals surface area contributed by atoms with E-state index in [0.717, 1.165) is 51.1 Å². The summed E-state index contributed by atoms with van der Waals surface area (Å²) in [6.07, 6.45) is -1.49. The maximum atomic E-state index is 12.4. The first kappa shape index (κ1) is 31.7. The molecule has 0 radical (unpaired) electrons. The molecule has 2 unspecified atom stereocenters. The standard InChI is InChI=1S/C25H35F3N4O4.C2H6/c1-18(33)3-2-4-23(34)29-15-21-9-10-22(36-21)17-32-13-11-31(12-14-32)16-19-5-7-20(8-6-19)30-24(35)25(26,27)28;1-2/h5-8,21-22H,2-4,9-17H2,1H3,(H,29,34)(H,30,35);1-2H3. The van der Waals surface area contributed by atoms with E-state index in [1.54, 1.807) is 12.1 Å². The number of ether oxygens (including phenoxy) is 1. The summed E-state index contributed by atoms with van der Waals surface area (Å²) >= 11 is 0. The number of amides is 2. The number of alkyl halides is 3. The second-order valence-corrected chi connectivity index (χ2v) is 9.54. The van der Waals surface area contributed by atoms with E-state index in [1.165, 1.54) is 19.1 Å². The van der Waals surface area contributed by atoms with Gasteiger partial charge in [-0.05, 0) is 43.9 Å². The molecule has 0 spiro atoms. The van der Waals surface area contributed by atoms with Gasteiger partial charge in [-0.2, -0.15) is 13.2 Å². The number of anilines is 1. The molecule has 11 heteroatoms. The third-order valence-corrected chi connectivity index (χ3v) is 6.46. The van der Waals surface area contributed by atoms with Crippen molar-refractivity contribution in [3.05, 3.63) is 29.8 Å². The lowest BCUT2D eigenvalue weighted by Gasteiger charge is -2.35. The lowest BCUT2D eigenvalue weighted by atomic mass is 10.1. The Bertz CT molecular complexity index is 887. The number of hydrogen-bond acceptors (Lipinski definition) is 6. The van der Waals surface area contributed by atoms with E-state index in [2.05, 4.69) is 15.1 Å². The minimum absolute atomic E-state index is 0.0249. The lowest BCUT2D eigenvalue weighted by molar-refractivity contribution is -0.167. The van der Waals surface area contributed by atoms with Crippen LogP contribution in [0, 0.1) is 0 Å². The molecule has 0 saturated carbocycles. The van der Waals surface area contributed by atoms with Gasteiger partial charge in [-0.15, -0.1) is 0 Å². The maximum Gasteiger partial charge on any atom is 0.471 e. The minimum Gasteiger partial charge on any atom is -0.372 e. The van der Waals surface area contributed by atoms with Crippen molar-refractivity contribution in [3.63, 3.8) is 0 Å². The Kier molecular flexibility index (Phi) is 13.2. The first-order chi connectivity index (χ1) is 18.1. The highest BCUT2D eigenvalue weighted by Crippen LogP contribution is 2.22. The van der Waals surface area contributed by atoms with E-state index in [0.29, 0.717) is 32.4 Å². The average molecular weight is 543 g/mol. The summed E-state index contributed by atoms with van der Waals surface area (Å²) in [4.78, 5) is 38.6. The molecule has 38 heavy (non-hydrogen) atoms. The summed E-state index contributed by atoms with van der Waals surface area (Å²) in [7, 11) is 0. The fourth-order valence-electron chi connectivity index (χ4n) is 4.45. The van der Waals surface area contributed by atoms with E-state index >= 15 is 0 Å². The van der Waals surface area contributed by atoms with Crippen molar-refractivity contribution in [1.29, 1.82) is 0 Å². The molecule has 2 fully saturated rings. The summed E-state index contributed by atoms with van der Waals surface area (Å²) in [5, 5.41) is 4.76. The third kappa shape index (κ3) is 11.5. The van der Waals surface area contributed by atoms with Crippen LogP contribution in [-0.2, 0) is 25.7 Å². The Morgan fingerprint density at radius 2 is 1.55 bits per heavy atom. The number of hydrogen-bond donors (Lipinski definition) is 2. The number of Topliss-reactive ketones (excluding diaryl/α,β-unsaturated/α-hetero) is 1. The lowest BCUT2D eigenvalue weighted by Crippen LogP contribution is -2.48. The Hall–Kier alpha value is -2.50. The van der Waals surface area contributed by atoms with Crippen molar-refractivity contribution in [3.8, 4) is 0 Å². The molecule has 1 aromatic rings. The van der Waals surface area contributed by atoms with Crippen molar-refractivity contribution >= 4 is 23.3 Å². The van der Waals surface area contributed by atoms with Crippen LogP contribution in [-0.4, -0.2) is 85.1 Å². The molecule has 2 heterocycles. The third-order valence-electron chi connectivity index (χ3n) is 6.46. The predicted octanol–water partition coefficient (Wildman–Crippen LogP) is 3.75. The highest BCUT2D eigenvalue weighted by atomic mass is 19.4. The molecular weight excluding hydrogens is 501 g/mol. The zero-order valence-corrected chi connectivity index (χ0v) is 22.6. The van der Waals surface area contributed by atoms with Gasteiger partial charge in [-0.3, -0.25) is 19.4 Å². The number of halogens is 3. The van der Waals surface area contributed by atoms with Gasteiger partial charge in [-0.25, -0.2) is 0 Å². The van der Waals surface area contributed by atoms with Crippen LogP contribution in [0.5, 0.6) is 0 Å². The van der Waals surface area contributed by atoms with Gasteiger partial charge in [0.1, 0.15) is 5.78 Å². The molecule has 2 aliphatic rings. The number of piperazine rings is 1. The molecule has 2 aliphatic heterocycles. The summed E-state index contributed by atoms with van der Waals surface area (Å²) in [5.41, 5.74) is 1.09. The highest BCUT2D eigenvalue weighted by molar-refractivity contribution is 5.94. The number of nitrogens with one attached hydrogen (secondary N) is 2. The van der Waals surface area contributed by atoms with Crippen molar-refractivity contribution in [2.45, 2.75) is 77.8 Å². The number of rotatable bonds is 11. The minimum atomic E-state index is -4.91. The number of ketones is 1. The maximum absolute atomic E-state index is 12.4. The van der Waals surface area contributed by atoms with E-state index in [1.807, 2.05) is 19.2 Å². The zero-order valence-electron chi connectivity index (χ0n) is 22.6. The van der Waals surface area contributed by atoms with Crippen molar-refractivity contribution in [1.82, 2.24) is 15.1 Å². The number of nitrogens with zero attached hydrogens (tertiary/aromatic N) is 2. The molecule has 2 amide bonds. The molecule has 3 rings (SSSR count). The van der Waals surface area contributed by atoms with Crippen LogP contribution >= 0.6 is 0 Å². The van der Waals surface area contributed by atoms with E-state index in [9.17, 15) is 27.6 Å². The van der Waals surface area contributed by atoms with E-state index < -0.39 is 12.1 Å². The van der Waals surface area contributed by atoms with Gasteiger partial charge in [0.25, 0.3) is 0 Å². The summed E-state index contributed by atoms with van der Waals surface area (Å²) in [5.74, 6) is -1.92. The molecule has 0 aromatic heterocycles. The van der Waals surface area contributed by atoms with Gasteiger partial charge >= 0.3 is 12.1 Å². The first-order valence-corrected chi connectivity index (χ1v) is 13.4. The first-order valence-electron chi connectivity index (χ1n) is 13.4. The monoisotopic (exact) mass is 542 g/mol. The Labute approximate surface area is 223 Å². The van der Waals surface area contributed by atoms with Crippen LogP contribution in [0.4, 0.5) is 18.9 Å². The molecule has 0 bridgehead atoms. The van der Waals surface area contributed by atoms with Gasteiger partial charge in [0.05, 0.1) is 12.2 Å². The molecule has 214 valence electrons. The Morgan fingerprint density at radius 3 is 2.16 bits per heavy atom. The van der Waals surface area contributed by atoms with Crippen LogP contribution in [0.25, 0.3) is 0 Å². The fraction of sp³-hybridized carbons (Fsp3) is 0.667. The van der Waals surface area contributed by atoms with E-state index in [4.69, 9.17) is 4.74 Å². The molecule has 2 atom stereocenters. The quantitative estimate of drug-likeness (QED) is 0.443. The fourth-order valence-corrected chi connectivity index (χ4v) is 4.45. The molecule has 0 aliphatic carbocycles. The number of carbonyl (C=O) groups excluding carboxylic acids is 3. The summed E-state index contributed by atoms with van der Waals surface area (Å²) in [6.45, 7) is 11.1. The van der Waals surface area contributed by atoms with Crippen LogP contribution < -0.4 is 10.6 Å². The molecule has 2 saturated heterocycles. The highest BCUT2D eigenvalue weighted by Gasteiger charge is 2.38. The normalized spacial score (nSPS) is 20.4. The number of benzene rings is 1. The second-order valence-electron chi connectivity index (χ2n) is 9.54. The van der Waals surface area contributed by atoms with Crippen molar-refractivity contribution in [2.75, 3.05) is 44.6 Å². The largest absolute Gasteiger partial charge is 0.471 e. The second kappa shape index (κ2) is 15.8. The average Bonchev–Trinajstić information content (AvgIpc) is 3.33. The Balaban J connectivity index is 0.00000247. The topological polar surface area (TPSA) is 91.0 Å². The van der Waals surface area contributed by atoms with Crippen molar-refractivity contribution in [2.24, 2.45) is 0 Å². The zero-order chi connectivity index (χ0) is 28.1. The van der Waals surface area contributed by atoms with Crippen LogP contribution in [0.3, 0.4) is 0 Å². The van der Waals surface area contributed by atoms with Gasteiger partial charge in [0.2, 0.25) is 5.91 Å². The molecule has 1 aromatic carbocycles. The summed E-state index contributed by atoms with van der Waals surface area (Å²) < 4.78 is 43.2. The SMILES string of the molecule is CC.CC(=O)CCCC(=O)NCC1CCC(CN2CCN(Cc3ccc(NC(=O)C(F)(F)F)cc3)CC2)O1. The van der Waals surface area contributed by atoms with Crippen LogP contribution in [0.2, 0.25) is 0 Å². The van der Waals surface area contributed by atoms with Gasteiger partial charge in [0, 0.05) is 64.3 Å². The van der Waals surface area contributed by atoms with Crippen molar-refractivity contribution < 1.29 is 32.3 Å². The Morgan fingerprint density at radius 1 is 0.947 bits per heavy atom. The predicted molar refractivity (Wildman–Crippen MR) is 140 cm³/mol. The van der Waals surface area contributed by atoms with Gasteiger partial charge in [0.15, 0.2) is 0 Å². The smallest absolute Gasteiger partial charge is 0.372 e. The van der Waals surface area contributed by atoms with E-state index in [-0.39, 0.29) is 29.6 Å². The molecular formula is C27H41F3N4O4.